The van der Waals surface area contributed by atoms with E-state index in [0.29, 0.717) is 55.1 Å². The molecule has 4 aromatic carbocycles. The molecule has 0 bridgehead atoms. The Balaban J connectivity index is -0.000000261. The molecule has 0 amide bonds. The Hall–Kier alpha value is -2.99. The fourth-order valence-corrected chi connectivity index (χ4v) is 5.59. The van der Waals surface area contributed by atoms with Gasteiger partial charge in [-0.15, -0.1) is 0 Å². The summed E-state index contributed by atoms with van der Waals surface area (Å²) in [5.41, 5.74) is 5.15. The van der Waals surface area contributed by atoms with Crippen molar-refractivity contribution in [2.24, 2.45) is 0 Å². The quantitative estimate of drug-likeness (QED) is 0.0400. The van der Waals surface area contributed by atoms with Crippen molar-refractivity contribution >= 4 is 51.1 Å². The summed E-state index contributed by atoms with van der Waals surface area (Å²) in [6.07, 6.45) is 3.83. The van der Waals surface area contributed by atoms with Gasteiger partial charge in [0, 0.05) is 72.5 Å². The minimum absolute atomic E-state index is 0. The van der Waals surface area contributed by atoms with E-state index in [1.807, 2.05) is 36.4 Å². The van der Waals surface area contributed by atoms with E-state index in [-0.39, 0.29) is 176 Å². The van der Waals surface area contributed by atoms with Crippen LogP contribution in [-0.2, 0) is 40.7 Å². The summed E-state index contributed by atoms with van der Waals surface area (Å²) in [5.74, 6) is 2.31. The average Bonchev–Trinajstić information content (AvgIpc) is 3.82. The number of hydrogen-bond acceptors (Lipinski definition) is 13. The second kappa shape index (κ2) is 34.5. The van der Waals surface area contributed by atoms with Crippen LogP contribution in [0, 0.1) is 20.2 Å². The summed E-state index contributed by atoms with van der Waals surface area (Å²) in [6, 6.07) is 24.3. The summed E-state index contributed by atoms with van der Waals surface area (Å²) < 4.78 is 16.4. The summed E-state index contributed by atoms with van der Waals surface area (Å²) in [5, 5.41) is 31.0. The van der Waals surface area contributed by atoms with Gasteiger partial charge in [0.1, 0.15) is 35.4 Å². The first-order valence-electron chi connectivity index (χ1n) is 16.4. The molecule has 15 nitrogen and oxygen atoms in total. The Morgan fingerprint density at radius 1 is 0.689 bits per heavy atom. The van der Waals surface area contributed by atoms with Gasteiger partial charge in [-0.1, -0.05) is 82.0 Å². The van der Waals surface area contributed by atoms with Crippen LogP contribution >= 0.6 is 15.9 Å². The zero-order valence-corrected chi connectivity index (χ0v) is 39.6. The van der Waals surface area contributed by atoms with Gasteiger partial charge in [0.25, 0.3) is 17.8 Å². The molecule has 0 N–H and O–H groups in total. The molecule has 18 heteroatoms. The molecular formula is C43H53BrK2N2O13. The number of Topliss-reactive ketones (excluding diaryl/α,β-unsaturated/α-hetero) is 2. The molecule has 0 unspecified atom stereocenters. The first-order valence-corrected chi connectivity index (χ1v) is 17.6. The summed E-state index contributed by atoms with van der Waals surface area (Å²) >= 11 is 3.40. The van der Waals surface area contributed by atoms with E-state index in [0.717, 1.165) is 33.1 Å². The van der Waals surface area contributed by atoms with E-state index in [2.05, 4.69) is 20.8 Å². The van der Waals surface area contributed by atoms with Gasteiger partial charge in [0.05, 0.1) is 30.5 Å². The number of hydrogen-bond donors (Lipinski definition) is 0. The van der Waals surface area contributed by atoms with Gasteiger partial charge >= 0.3 is 103 Å². The van der Waals surface area contributed by atoms with Crippen LogP contribution in [0.15, 0.2) is 96.8 Å². The summed E-state index contributed by atoms with van der Waals surface area (Å²) in [4.78, 5) is 64.0. The van der Waals surface area contributed by atoms with E-state index in [1.165, 1.54) is 24.3 Å². The molecule has 0 heterocycles. The van der Waals surface area contributed by atoms with Crippen molar-refractivity contribution in [3.05, 3.63) is 128 Å². The van der Waals surface area contributed by atoms with Crippen LogP contribution in [0.2, 0.25) is 0 Å². The number of carbonyl (C=O) groups is 4. The van der Waals surface area contributed by atoms with Gasteiger partial charge in [-0.25, -0.2) is 0 Å². The second-order valence-corrected chi connectivity index (χ2v) is 12.2. The zero-order valence-electron chi connectivity index (χ0n) is 32.8. The van der Waals surface area contributed by atoms with E-state index in [1.54, 1.807) is 44.6 Å². The molecule has 61 heavy (non-hydrogen) atoms. The third-order valence-electron chi connectivity index (χ3n) is 7.90. The zero-order chi connectivity index (χ0) is 40.3. The normalized spacial score (nSPS) is 11.5. The number of nitro groups is 2. The van der Waals surface area contributed by atoms with Crippen molar-refractivity contribution in [1.82, 2.24) is 0 Å². The molecule has 0 aliphatic heterocycles. The Morgan fingerprint density at radius 3 is 1.48 bits per heavy atom. The number of allylic oxidation sites excluding steroid dienone is 2. The van der Waals surface area contributed by atoms with Crippen LogP contribution in [0.3, 0.4) is 0 Å². The molecule has 0 radical (unpaired) electrons. The monoisotopic (exact) mass is 962 g/mol. The molecule has 0 atom stereocenters. The number of non-ortho nitro benzene ring substituents is 2. The molecular weight excluding hydrogens is 911 g/mol. The largest absolute Gasteiger partial charge is 1.00 e. The van der Waals surface area contributed by atoms with Gasteiger partial charge in [0.2, 0.25) is 0 Å². The van der Waals surface area contributed by atoms with Crippen LogP contribution in [0.4, 0.5) is 11.4 Å². The molecule has 4 aromatic rings. The number of carbonyl (C=O) groups excluding carboxylic acids is 4. The predicted molar refractivity (Wildman–Crippen MR) is 229 cm³/mol. The van der Waals surface area contributed by atoms with Crippen LogP contribution in [0.25, 0.3) is 22.3 Å². The third kappa shape index (κ3) is 21.8. The molecule has 0 saturated heterocycles. The van der Waals surface area contributed by atoms with E-state index >= 15 is 0 Å². The summed E-state index contributed by atoms with van der Waals surface area (Å²) in [7, 11) is 3.14. The first-order chi connectivity index (χ1) is 26.4. The Kier molecular flexibility index (Phi) is 36.5. The van der Waals surface area contributed by atoms with Crippen molar-refractivity contribution in [3.8, 4) is 33.8 Å². The van der Waals surface area contributed by atoms with Crippen molar-refractivity contribution in [2.75, 3.05) is 14.2 Å². The minimum Gasteiger partial charge on any atom is -1.00 e. The molecule has 1 saturated carbocycles. The number of methoxy groups -OCH3 is 2. The van der Waals surface area contributed by atoms with Gasteiger partial charge in [0.15, 0.2) is 5.78 Å². The summed E-state index contributed by atoms with van der Waals surface area (Å²) in [6.45, 7) is 0.144. The van der Waals surface area contributed by atoms with E-state index in [4.69, 9.17) is 24.3 Å². The van der Waals surface area contributed by atoms with Crippen LogP contribution < -0.4 is 118 Å². The number of benzene rings is 4. The number of alkyl halides is 1. The predicted octanol–water partition coefficient (Wildman–Crippen LogP) is 3.61. The number of nitro benzene ring substituents is 2. The molecule has 2 aliphatic carbocycles. The van der Waals surface area contributed by atoms with Gasteiger partial charge in [-0.05, 0) is 46.5 Å². The SMILES string of the molecule is C.C.C.C.COc1ccc(CBr)cc1-c1cccc([N+](=O)[O-])c1.COc1ccc(COC2=CC(=O)CC2)cc1-c1cccc([N+](=O)[O-])c1.O=C1CCC(=O)C1.O=CO[O-].[H-].[K+].[K+]. The molecule has 2 aliphatic rings. The van der Waals surface area contributed by atoms with Crippen molar-refractivity contribution < 1.29 is 158 Å². The average molecular weight is 964 g/mol. The molecule has 6 rings (SSSR count). The van der Waals surface area contributed by atoms with E-state index < -0.39 is 9.85 Å². The van der Waals surface area contributed by atoms with Crippen LogP contribution in [-0.4, -0.2) is 47.9 Å². The Morgan fingerprint density at radius 2 is 1.13 bits per heavy atom. The Labute approximate surface area is 452 Å². The maximum Gasteiger partial charge on any atom is 1.00 e. The van der Waals surface area contributed by atoms with Gasteiger partial charge in [-0.3, -0.25) is 39.4 Å². The number of ether oxygens (including phenoxy) is 3. The van der Waals surface area contributed by atoms with Crippen LogP contribution in [0.1, 0.15) is 74.4 Å². The molecule has 1 fully saturated rings. The van der Waals surface area contributed by atoms with Gasteiger partial charge in [-0.2, -0.15) is 0 Å². The van der Waals surface area contributed by atoms with Crippen molar-refractivity contribution in [1.29, 1.82) is 0 Å². The maximum absolute atomic E-state index is 11.2. The smallest absolute Gasteiger partial charge is 1.00 e. The van der Waals surface area contributed by atoms with Crippen LogP contribution in [0.5, 0.6) is 11.5 Å². The first kappa shape index (κ1) is 64.6. The minimum atomic E-state index is -0.424. The number of ketones is 3. The molecule has 0 spiro atoms. The second-order valence-electron chi connectivity index (χ2n) is 11.6. The van der Waals surface area contributed by atoms with Crippen molar-refractivity contribution in [3.63, 3.8) is 0 Å². The molecule has 0 aromatic heterocycles. The number of rotatable bonds is 11. The third-order valence-corrected chi connectivity index (χ3v) is 8.55. The molecule has 322 valence electrons. The fourth-order valence-electron chi connectivity index (χ4n) is 5.24. The Bertz CT molecular complexity index is 2060. The number of halogens is 1. The fraction of sp³-hybridized carbons (Fsp3) is 0.302. The maximum atomic E-state index is 11.2. The standard InChI is InChI=1S/C19H17NO5.C14H12BrNO3.C5H6O2.CH2O3.4CH4.2K.H/c1-24-19-8-5-13(12-25-17-7-6-16(21)11-17)9-18(19)14-3-2-4-15(10-14)20(22)23;1-19-14-6-5-10(9-15)7-13(14)11-3-2-4-12(8-11)16(17)18;6-4-1-2-5(7)3-4;2-1-4-3;;;;;;;/h2-5,8-11H,6-7,12H2,1H3;2-8H,9H2,1H3;1-3H2;1,3H;4*1H4;;;/q;;;;;;;;2*+1;-1/p-1. The number of nitrogens with zero attached hydrogens (tertiary/aromatic N) is 2. The van der Waals surface area contributed by atoms with E-state index in [9.17, 15) is 34.6 Å². The van der Waals surface area contributed by atoms with Crippen molar-refractivity contribution in [2.45, 2.75) is 73.7 Å². The van der Waals surface area contributed by atoms with Gasteiger partial charge < -0.3 is 25.8 Å². The topological polar surface area (TPSA) is 215 Å².